The highest BCUT2D eigenvalue weighted by molar-refractivity contribution is 7.89. The van der Waals surface area contributed by atoms with Crippen LogP contribution in [0.25, 0.3) is 0 Å². The number of hydrogen-bond donors (Lipinski definition) is 1. The van der Waals surface area contributed by atoms with Crippen molar-refractivity contribution >= 4 is 21.9 Å². The van der Waals surface area contributed by atoms with Crippen molar-refractivity contribution in [3.8, 4) is 0 Å². The van der Waals surface area contributed by atoms with Crippen LogP contribution >= 0.6 is 0 Å². The van der Waals surface area contributed by atoms with Gasteiger partial charge in [-0.1, -0.05) is 6.92 Å². The van der Waals surface area contributed by atoms with Crippen molar-refractivity contribution in [1.29, 1.82) is 0 Å². The van der Waals surface area contributed by atoms with Crippen LogP contribution in [0.5, 0.6) is 0 Å². The lowest BCUT2D eigenvalue weighted by molar-refractivity contribution is -0.125. The van der Waals surface area contributed by atoms with E-state index in [1.54, 1.807) is 0 Å². The molecule has 2 N–H and O–H groups in total. The van der Waals surface area contributed by atoms with Gasteiger partial charge < -0.3 is 10.5 Å². The summed E-state index contributed by atoms with van der Waals surface area (Å²) < 4.78 is 31.5. The van der Waals surface area contributed by atoms with E-state index in [0.717, 1.165) is 12.8 Å². The zero-order chi connectivity index (χ0) is 17.9. The molecule has 1 atom stereocenters. The van der Waals surface area contributed by atoms with Crippen molar-refractivity contribution in [3.05, 3.63) is 29.8 Å². The van der Waals surface area contributed by atoms with Gasteiger partial charge in [-0.05, 0) is 49.9 Å². The topological polar surface area (TPSA) is 107 Å². The standard InChI is InChI=1S/C16H22N2O5S/c1-11-7-9-18(10-8-11)24(21,22)14-5-3-13(4-6-14)16(20)23-12(2)15(17)19/h3-6,11-12H,7-10H2,1-2H3,(H2,17,19)/t12-/m1/s1. The van der Waals surface area contributed by atoms with Gasteiger partial charge in [0.25, 0.3) is 5.91 Å². The van der Waals surface area contributed by atoms with Crippen molar-refractivity contribution in [3.63, 3.8) is 0 Å². The molecular weight excluding hydrogens is 332 g/mol. The zero-order valence-corrected chi connectivity index (χ0v) is 14.6. The zero-order valence-electron chi connectivity index (χ0n) is 13.8. The Balaban J connectivity index is 2.11. The van der Waals surface area contributed by atoms with E-state index in [9.17, 15) is 18.0 Å². The van der Waals surface area contributed by atoms with E-state index < -0.39 is 28.0 Å². The maximum atomic E-state index is 12.6. The average molecular weight is 354 g/mol. The SMILES string of the molecule is CC1CCN(S(=O)(=O)c2ccc(C(=O)O[C@H](C)C(N)=O)cc2)CC1. The molecule has 0 spiro atoms. The van der Waals surface area contributed by atoms with Gasteiger partial charge in [0.1, 0.15) is 0 Å². The third-order valence-corrected chi connectivity index (χ3v) is 6.07. The first kappa shape index (κ1) is 18.4. The molecule has 1 saturated heterocycles. The van der Waals surface area contributed by atoms with Crippen molar-refractivity contribution in [2.45, 2.75) is 37.7 Å². The van der Waals surface area contributed by atoms with E-state index in [1.807, 2.05) is 0 Å². The Morgan fingerprint density at radius 1 is 1.21 bits per heavy atom. The number of carbonyl (C=O) groups excluding carboxylic acids is 2. The summed E-state index contributed by atoms with van der Waals surface area (Å²) in [6, 6.07) is 5.49. The van der Waals surface area contributed by atoms with Crippen LogP contribution in [0.4, 0.5) is 0 Å². The summed E-state index contributed by atoms with van der Waals surface area (Å²) in [5.41, 5.74) is 5.20. The predicted molar refractivity (Wildman–Crippen MR) is 87.7 cm³/mol. The van der Waals surface area contributed by atoms with E-state index in [-0.39, 0.29) is 10.5 Å². The largest absolute Gasteiger partial charge is 0.449 e. The molecule has 1 aliphatic rings. The van der Waals surface area contributed by atoms with Crippen molar-refractivity contribution < 1.29 is 22.7 Å². The molecule has 1 aromatic carbocycles. The van der Waals surface area contributed by atoms with Crippen molar-refractivity contribution in [2.75, 3.05) is 13.1 Å². The van der Waals surface area contributed by atoms with Crippen LogP contribution in [-0.4, -0.2) is 43.8 Å². The Hall–Kier alpha value is -1.93. The fourth-order valence-corrected chi connectivity index (χ4v) is 3.89. The first-order valence-electron chi connectivity index (χ1n) is 7.82. The van der Waals surface area contributed by atoms with E-state index in [1.165, 1.54) is 35.5 Å². The van der Waals surface area contributed by atoms with Gasteiger partial charge in [-0.15, -0.1) is 0 Å². The second kappa shape index (κ2) is 7.31. The summed E-state index contributed by atoms with van der Waals surface area (Å²) in [7, 11) is -3.56. The first-order chi connectivity index (χ1) is 11.2. The van der Waals surface area contributed by atoms with Gasteiger partial charge in [0, 0.05) is 13.1 Å². The lowest BCUT2D eigenvalue weighted by Gasteiger charge is -2.29. The number of primary amides is 1. The van der Waals surface area contributed by atoms with Crippen LogP contribution in [0.2, 0.25) is 0 Å². The Morgan fingerprint density at radius 2 is 1.75 bits per heavy atom. The number of ether oxygens (including phenoxy) is 1. The Bertz CT molecular complexity index is 706. The molecule has 132 valence electrons. The highest BCUT2D eigenvalue weighted by Gasteiger charge is 2.28. The number of nitrogens with zero attached hydrogens (tertiary/aromatic N) is 1. The summed E-state index contributed by atoms with van der Waals surface area (Å²) in [5, 5.41) is 0. The molecule has 2 rings (SSSR count). The molecule has 1 amide bonds. The van der Waals surface area contributed by atoms with Gasteiger partial charge in [0.05, 0.1) is 10.5 Å². The molecule has 24 heavy (non-hydrogen) atoms. The number of amides is 1. The van der Waals surface area contributed by atoms with Crippen LogP contribution in [0.1, 0.15) is 37.0 Å². The number of esters is 1. The molecule has 1 fully saturated rings. The monoisotopic (exact) mass is 354 g/mol. The van der Waals surface area contributed by atoms with E-state index >= 15 is 0 Å². The highest BCUT2D eigenvalue weighted by atomic mass is 32.2. The average Bonchev–Trinajstić information content (AvgIpc) is 2.55. The van der Waals surface area contributed by atoms with Gasteiger partial charge in [-0.3, -0.25) is 4.79 Å². The molecule has 0 saturated carbocycles. The molecule has 7 nitrogen and oxygen atoms in total. The number of rotatable bonds is 5. The molecule has 0 aliphatic carbocycles. The maximum Gasteiger partial charge on any atom is 0.338 e. The third-order valence-electron chi connectivity index (χ3n) is 4.15. The van der Waals surface area contributed by atoms with Crippen LogP contribution in [-0.2, 0) is 19.6 Å². The van der Waals surface area contributed by atoms with Crippen LogP contribution < -0.4 is 5.73 Å². The maximum absolute atomic E-state index is 12.6. The third kappa shape index (κ3) is 4.12. The van der Waals surface area contributed by atoms with Gasteiger partial charge in [0.15, 0.2) is 6.10 Å². The Labute approximate surface area is 141 Å². The lowest BCUT2D eigenvalue weighted by atomic mass is 10.0. The van der Waals surface area contributed by atoms with Gasteiger partial charge in [0.2, 0.25) is 10.0 Å². The number of sulfonamides is 1. The van der Waals surface area contributed by atoms with Gasteiger partial charge >= 0.3 is 5.97 Å². The fraction of sp³-hybridized carbons (Fsp3) is 0.500. The second-order valence-corrected chi connectivity index (χ2v) is 8.00. The molecular formula is C16H22N2O5S. The molecule has 8 heteroatoms. The first-order valence-corrected chi connectivity index (χ1v) is 9.26. The normalized spacial score (nSPS) is 18.1. The van der Waals surface area contributed by atoms with Gasteiger partial charge in [-0.2, -0.15) is 4.31 Å². The predicted octanol–water partition coefficient (Wildman–Crippen LogP) is 1.14. The van der Waals surface area contributed by atoms with E-state index in [2.05, 4.69) is 6.92 Å². The number of hydrogen-bond acceptors (Lipinski definition) is 5. The van der Waals surface area contributed by atoms with Crippen molar-refractivity contribution in [2.24, 2.45) is 11.7 Å². The molecule has 0 radical (unpaired) electrons. The number of piperidine rings is 1. The van der Waals surface area contributed by atoms with Crippen LogP contribution in [0.3, 0.4) is 0 Å². The van der Waals surface area contributed by atoms with Crippen molar-refractivity contribution in [1.82, 2.24) is 4.31 Å². The Kier molecular flexibility index (Phi) is 5.61. The number of carbonyl (C=O) groups is 2. The molecule has 0 unspecified atom stereocenters. The van der Waals surface area contributed by atoms with Crippen LogP contribution in [0.15, 0.2) is 29.2 Å². The quantitative estimate of drug-likeness (QED) is 0.798. The summed E-state index contributed by atoms with van der Waals surface area (Å²) in [5.74, 6) is -0.945. The van der Waals surface area contributed by atoms with E-state index in [4.69, 9.17) is 10.5 Å². The molecule has 1 aliphatic heterocycles. The summed E-state index contributed by atoms with van der Waals surface area (Å²) in [4.78, 5) is 22.9. The van der Waals surface area contributed by atoms with E-state index in [0.29, 0.717) is 19.0 Å². The van der Waals surface area contributed by atoms with Crippen LogP contribution in [0, 0.1) is 5.92 Å². The molecule has 0 aromatic heterocycles. The Morgan fingerprint density at radius 3 is 2.25 bits per heavy atom. The van der Waals surface area contributed by atoms with Gasteiger partial charge in [-0.25, -0.2) is 13.2 Å². The molecule has 0 bridgehead atoms. The number of benzene rings is 1. The molecule has 1 heterocycles. The fourth-order valence-electron chi connectivity index (χ4n) is 2.42. The molecule has 1 aromatic rings. The summed E-state index contributed by atoms with van der Waals surface area (Å²) >= 11 is 0. The summed E-state index contributed by atoms with van der Waals surface area (Å²) in [6.45, 7) is 4.49. The highest BCUT2D eigenvalue weighted by Crippen LogP contribution is 2.23. The smallest absolute Gasteiger partial charge is 0.338 e. The minimum Gasteiger partial charge on any atom is -0.449 e. The second-order valence-electron chi connectivity index (χ2n) is 6.06. The minimum absolute atomic E-state index is 0.136. The lowest BCUT2D eigenvalue weighted by Crippen LogP contribution is -2.37. The number of nitrogens with two attached hydrogens (primary N) is 1. The minimum atomic E-state index is -3.56. The summed E-state index contributed by atoms with van der Waals surface area (Å²) in [6.07, 6.45) is 0.639.